The van der Waals surface area contributed by atoms with Crippen LogP contribution in [0.3, 0.4) is 0 Å². The van der Waals surface area contributed by atoms with Gasteiger partial charge in [0.05, 0.1) is 5.69 Å². The Balaban J connectivity index is 2.75. The van der Waals surface area contributed by atoms with Gasteiger partial charge in [0.25, 0.3) is 5.56 Å². The maximum atomic E-state index is 13.0. The summed E-state index contributed by atoms with van der Waals surface area (Å²) < 4.78 is 14.0. The van der Waals surface area contributed by atoms with Crippen LogP contribution < -0.4 is 5.56 Å². The van der Waals surface area contributed by atoms with Gasteiger partial charge in [0, 0.05) is 0 Å². The Hall–Kier alpha value is -2.94. The number of hydrogen-bond donors (Lipinski definition) is 1. The molecule has 0 amide bonds. The first kappa shape index (κ1) is 14.5. The first-order valence-corrected chi connectivity index (χ1v) is 6.10. The van der Waals surface area contributed by atoms with Gasteiger partial charge in [0.15, 0.2) is 0 Å². The number of hydrogen-bond acceptors (Lipinski definition) is 3. The molecule has 106 valence electrons. The van der Waals surface area contributed by atoms with E-state index < -0.39 is 23.4 Å². The van der Waals surface area contributed by atoms with Crippen LogP contribution in [0.2, 0.25) is 0 Å². The summed E-state index contributed by atoms with van der Waals surface area (Å²) in [5, 5.41) is 18.0. The molecule has 1 unspecified atom stereocenters. The molecule has 0 saturated carbocycles. The van der Waals surface area contributed by atoms with Crippen LogP contribution in [-0.4, -0.2) is 15.6 Å². The molecule has 0 fully saturated rings. The highest BCUT2D eigenvalue weighted by molar-refractivity contribution is 5.73. The van der Waals surface area contributed by atoms with Gasteiger partial charge in [0.2, 0.25) is 0 Å². The summed E-state index contributed by atoms with van der Waals surface area (Å²) in [6.07, 6.45) is 0. The van der Waals surface area contributed by atoms with E-state index in [0.717, 1.165) is 4.57 Å². The lowest BCUT2D eigenvalue weighted by Gasteiger charge is -2.17. The number of carboxylic acids is 1. The predicted molar refractivity (Wildman–Crippen MR) is 73.2 cm³/mol. The molecule has 0 aliphatic heterocycles. The van der Waals surface area contributed by atoms with Crippen LogP contribution in [0.5, 0.6) is 0 Å². The standard InChI is InChI=1S/C15H11FN2O3/c1-9(15(20)21)18-13(7-4-11(8-17)14(18)19)10-2-5-12(16)6-3-10/h2-7,9H,1H3,(H,20,21). The zero-order valence-corrected chi connectivity index (χ0v) is 11.1. The van der Waals surface area contributed by atoms with Crippen LogP contribution in [0.15, 0.2) is 41.2 Å². The second-order valence-electron chi connectivity index (χ2n) is 4.44. The molecule has 1 aromatic heterocycles. The Morgan fingerprint density at radius 1 is 1.29 bits per heavy atom. The molecule has 5 nitrogen and oxygen atoms in total. The van der Waals surface area contributed by atoms with Crippen molar-refractivity contribution >= 4 is 5.97 Å². The van der Waals surface area contributed by atoms with Crippen molar-refractivity contribution in [3.05, 3.63) is 58.1 Å². The molecular weight excluding hydrogens is 275 g/mol. The monoisotopic (exact) mass is 286 g/mol. The van der Waals surface area contributed by atoms with Gasteiger partial charge < -0.3 is 5.11 Å². The first-order valence-electron chi connectivity index (χ1n) is 6.10. The first-order chi connectivity index (χ1) is 9.95. The second kappa shape index (κ2) is 5.59. The molecule has 2 rings (SSSR count). The van der Waals surface area contributed by atoms with E-state index in [1.165, 1.54) is 43.3 Å². The van der Waals surface area contributed by atoms with Crippen molar-refractivity contribution in [1.82, 2.24) is 4.57 Å². The number of aromatic nitrogens is 1. The van der Waals surface area contributed by atoms with Crippen molar-refractivity contribution in [1.29, 1.82) is 5.26 Å². The maximum Gasteiger partial charge on any atom is 0.326 e. The zero-order chi connectivity index (χ0) is 15.6. The molecule has 2 aromatic rings. The summed E-state index contributed by atoms with van der Waals surface area (Å²) in [7, 11) is 0. The molecule has 0 aliphatic rings. The van der Waals surface area contributed by atoms with Crippen LogP contribution in [0.1, 0.15) is 18.5 Å². The Morgan fingerprint density at radius 3 is 2.43 bits per heavy atom. The number of nitriles is 1. The van der Waals surface area contributed by atoms with Crippen molar-refractivity contribution in [2.24, 2.45) is 0 Å². The SMILES string of the molecule is CC(C(=O)O)n1c(-c2ccc(F)cc2)ccc(C#N)c1=O. The summed E-state index contributed by atoms with van der Waals surface area (Å²) in [6, 6.07) is 8.71. The van der Waals surface area contributed by atoms with Gasteiger partial charge in [-0.1, -0.05) is 0 Å². The van der Waals surface area contributed by atoms with Gasteiger partial charge in [-0.15, -0.1) is 0 Å². The third-order valence-corrected chi connectivity index (χ3v) is 3.12. The minimum Gasteiger partial charge on any atom is -0.480 e. The summed E-state index contributed by atoms with van der Waals surface area (Å²) in [5.74, 6) is -1.64. The average Bonchev–Trinajstić information content (AvgIpc) is 2.47. The van der Waals surface area contributed by atoms with E-state index in [1.807, 2.05) is 0 Å². The molecule has 1 atom stereocenters. The van der Waals surface area contributed by atoms with Crippen LogP contribution in [0, 0.1) is 17.1 Å². The normalized spacial score (nSPS) is 11.7. The van der Waals surface area contributed by atoms with Crippen molar-refractivity contribution in [3.63, 3.8) is 0 Å². The molecule has 0 aliphatic carbocycles. The topological polar surface area (TPSA) is 83.1 Å². The highest BCUT2D eigenvalue weighted by atomic mass is 19.1. The summed E-state index contributed by atoms with van der Waals surface area (Å²) in [5.41, 5.74) is -0.0248. The third-order valence-electron chi connectivity index (χ3n) is 3.12. The van der Waals surface area contributed by atoms with E-state index in [4.69, 9.17) is 10.4 Å². The largest absolute Gasteiger partial charge is 0.480 e. The summed E-state index contributed by atoms with van der Waals surface area (Å²) in [6.45, 7) is 1.35. The van der Waals surface area contributed by atoms with Crippen LogP contribution in [-0.2, 0) is 4.79 Å². The quantitative estimate of drug-likeness (QED) is 0.937. The van der Waals surface area contributed by atoms with E-state index >= 15 is 0 Å². The number of pyridine rings is 1. The molecule has 0 spiro atoms. The van der Waals surface area contributed by atoms with Gasteiger partial charge in [-0.2, -0.15) is 5.26 Å². The number of aliphatic carboxylic acids is 1. The minimum absolute atomic E-state index is 0.144. The van der Waals surface area contributed by atoms with Crippen molar-refractivity contribution in [2.45, 2.75) is 13.0 Å². The fourth-order valence-electron chi connectivity index (χ4n) is 1.99. The average molecular weight is 286 g/mol. The Labute approximate surface area is 119 Å². The van der Waals surface area contributed by atoms with Gasteiger partial charge in [-0.25, -0.2) is 9.18 Å². The number of carbonyl (C=O) groups is 1. The Bertz CT molecular complexity index is 788. The van der Waals surface area contributed by atoms with E-state index in [9.17, 15) is 14.0 Å². The number of nitrogens with zero attached hydrogens (tertiary/aromatic N) is 2. The van der Waals surface area contributed by atoms with Gasteiger partial charge in [-0.05, 0) is 48.9 Å². The van der Waals surface area contributed by atoms with Gasteiger partial charge in [0.1, 0.15) is 23.5 Å². The molecule has 1 aromatic carbocycles. The van der Waals surface area contributed by atoms with Crippen molar-refractivity contribution < 1.29 is 14.3 Å². The fraction of sp³-hybridized carbons (Fsp3) is 0.133. The highest BCUT2D eigenvalue weighted by Crippen LogP contribution is 2.22. The number of halogens is 1. The molecular formula is C15H11FN2O3. The van der Waals surface area contributed by atoms with Crippen LogP contribution in [0.4, 0.5) is 4.39 Å². The molecule has 1 heterocycles. The van der Waals surface area contributed by atoms with E-state index in [0.29, 0.717) is 11.3 Å². The van der Waals surface area contributed by atoms with Crippen LogP contribution >= 0.6 is 0 Å². The fourth-order valence-corrected chi connectivity index (χ4v) is 1.99. The number of carboxylic acid groups (broad SMARTS) is 1. The number of benzene rings is 1. The molecule has 1 N–H and O–H groups in total. The van der Waals surface area contributed by atoms with Gasteiger partial charge >= 0.3 is 5.97 Å². The van der Waals surface area contributed by atoms with E-state index in [2.05, 4.69) is 0 Å². The molecule has 6 heteroatoms. The van der Waals surface area contributed by atoms with Crippen LogP contribution in [0.25, 0.3) is 11.3 Å². The minimum atomic E-state index is -1.20. The second-order valence-corrected chi connectivity index (χ2v) is 4.44. The van der Waals surface area contributed by atoms with E-state index in [-0.39, 0.29) is 5.56 Å². The molecule has 0 saturated heterocycles. The van der Waals surface area contributed by atoms with Crippen molar-refractivity contribution in [3.8, 4) is 17.3 Å². The molecule has 0 radical (unpaired) electrons. The van der Waals surface area contributed by atoms with Crippen molar-refractivity contribution in [2.75, 3.05) is 0 Å². The lowest BCUT2D eigenvalue weighted by molar-refractivity contribution is -0.140. The maximum absolute atomic E-state index is 13.0. The number of rotatable bonds is 3. The highest BCUT2D eigenvalue weighted by Gasteiger charge is 2.20. The summed E-state index contributed by atoms with van der Waals surface area (Å²) in [4.78, 5) is 23.4. The molecule has 21 heavy (non-hydrogen) atoms. The Morgan fingerprint density at radius 2 is 1.90 bits per heavy atom. The zero-order valence-electron chi connectivity index (χ0n) is 11.1. The Kier molecular flexibility index (Phi) is 3.85. The summed E-state index contributed by atoms with van der Waals surface area (Å²) >= 11 is 0. The molecule has 0 bridgehead atoms. The van der Waals surface area contributed by atoms with Gasteiger partial charge in [-0.3, -0.25) is 9.36 Å². The smallest absolute Gasteiger partial charge is 0.326 e. The predicted octanol–water partition coefficient (Wildman–Crippen LogP) is 2.17. The lowest BCUT2D eigenvalue weighted by atomic mass is 10.1. The lowest BCUT2D eigenvalue weighted by Crippen LogP contribution is -2.30. The third kappa shape index (κ3) is 2.67. The van der Waals surface area contributed by atoms with E-state index in [1.54, 1.807) is 6.07 Å².